The van der Waals surface area contributed by atoms with Crippen LogP contribution in [0.5, 0.6) is 0 Å². The summed E-state index contributed by atoms with van der Waals surface area (Å²) in [7, 11) is 0. The first-order valence-electron chi connectivity index (χ1n) is 10.3. The van der Waals surface area contributed by atoms with E-state index in [4.69, 9.17) is 0 Å². The molecule has 4 heteroatoms. The van der Waals surface area contributed by atoms with Crippen LogP contribution in [0.3, 0.4) is 0 Å². The van der Waals surface area contributed by atoms with Crippen LogP contribution in [0.1, 0.15) is 52.4 Å². The molecular weight excluding hydrogens is 522 g/mol. The molecule has 2 nitrogen and oxygen atoms in total. The van der Waals surface area contributed by atoms with E-state index in [0.29, 0.717) is 0 Å². The van der Waals surface area contributed by atoms with E-state index in [-0.39, 0.29) is 48.0 Å². The SMILES string of the molecule is CC1C[N+]2(CCCC[N+]34CCC(CC3)C(C)C4)CCC1CC2.[I-].[I-]. The third-order valence-corrected chi connectivity index (χ3v) is 8.37. The van der Waals surface area contributed by atoms with Crippen LogP contribution in [0, 0.1) is 23.7 Å². The number of fused-ring (bicyclic) bond motifs is 6. The summed E-state index contributed by atoms with van der Waals surface area (Å²) in [5.41, 5.74) is 0. The van der Waals surface area contributed by atoms with E-state index < -0.39 is 0 Å². The maximum absolute atomic E-state index is 2.52. The lowest BCUT2D eigenvalue weighted by Crippen LogP contribution is -3.00. The summed E-state index contributed by atoms with van der Waals surface area (Å²) in [5, 5.41) is 0. The van der Waals surface area contributed by atoms with Crippen molar-refractivity contribution < 1.29 is 56.9 Å². The van der Waals surface area contributed by atoms with Gasteiger partial charge in [0.15, 0.2) is 0 Å². The molecule has 6 aliphatic heterocycles. The highest BCUT2D eigenvalue weighted by atomic mass is 127. The summed E-state index contributed by atoms with van der Waals surface area (Å²) >= 11 is 0. The molecule has 0 aromatic carbocycles. The van der Waals surface area contributed by atoms with Crippen LogP contribution in [-0.2, 0) is 0 Å². The first-order chi connectivity index (χ1) is 10.6. The molecule has 142 valence electrons. The van der Waals surface area contributed by atoms with Crippen molar-refractivity contribution in [3.8, 4) is 0 Å². The van der Waals surface area contributed by atoms with E-state index in [1.54, 1.807) is 0 Å². The predicted molar refractivity (Wildman–Crippen MR) is 92.5 cm³/mol. The van der Waals surface area contributed by atoms with E-state index in [2.05, 4.69) is 13.8 Å². The van der Waals surface area contributed by atoms with Crippen LogP contribution in [0.15, 0.2) is 0 Å². The molecule has 6 rings (SSSR count). The first kappa shape index (κ1) is 21.7. The predicted octanol–water partition coefficient (Wildman–Crippen LogP) is -2.47. The molecule has 0 saturated carbocycles. The molecular formula is C20H38I2N2. The van der Waals surface area contributed by atoms with Crippen molar-refractivity contribution in [2.45, 2.75) is 52.4 Å². The summed E-state index contributed by atoms with van der Waals surface area (Å²) in [6.07, 6.45) is 9.10. The standard InChI is InChI=1S/C20H38N2.2HI/c1-17-15-21(11-5-19(17)6-12-21)9-3-4-10-22-13-7-20(8-14-22)18(2)16-22;;/h17-20H,3-16H2,1-2H3;2*1H/q+2;;/p-2. The van der Waals surface area contributed by atoms with Crippen LogP contribution in [0.2, 0.25) is 0 Å². The average Bonchev–Trinajstić information content (AvgIpc) is 2.53. The highest BCUT2D eigenvalue weighted by Crippen LogP contribution is 2.39. The smallest absolute Gasteiger partial charge is 0.0815 e. The van der Waals surface area contributed by atoms with Crippen molar-refractivity contribution >= 4 is 0 Å². The second kappa shape index (κ2) is 8.59. The minimum Gasteiger partial charge on any atom is -1.00 e. The zero-order valence-corrected chi connectivity index (χ0v) is 20.2. The van der Waals surface area contributed by atoms with Gasteiger partial charge in [0.2, 0.25) is 0 Å². The van der Waals surface area contributed by atoms with Gasteiger partial charge in [-0.1, -0.05) is 13.8 Å². The largest absolute Gasteiger partial charge is 1.00 e. The average molecular weight is 560 g/mol. The molecule has 0 spiro atoms. The van der Waals surface area contributed by atoms with Gasteiger partial charge < -0.3 is 56.9 Å². The summed E-state index contributed by atoms with van der Waals surface area (Å²) < 4.78 is 2.99. The molecule has 2 unspecified atom stereocenters. The molecule has 0 aromatic heterocycles. The summed E-state index contributed by atoms with van der Waals surface area (Å²) in [6, 6.07) is 0. The van der Waals surface area contributed by atoms with E-state index in [9.17, 15) is 0 Å². The minimum atomic E-state index is 0. The van der Waals surface area contributed by atoms with Crippen molar-refractivity contribution in [3.05, 3.63) is 0 Å². The Balaban J connectivity index is 0.00000104. The molecule has 0 aromatic rings. The number of piperidine rings is 6. The Morgan fingerprint density at radius 1 is 0.625 bits per heavy atom. The van der Waals surface area contributed by atoms with Gasteiger partial charge in [-0.25, -0.2) is 0 Å². The molecule has 0 radical (unpaired) electrons. The van der Waals surface area contributed by atoms with Crippen LogP contribution in [-0.4, -0.2) is 61.3 Å². The van der Waals surface area contributed by atoms with Crippen LogP contribution in [0.4, 0.5) is 0 Å². The Bertz CT molecular complexity index is 360. The third-order valence-electron chi connectivity index (χ3n) is 8.37. The van der Waals surface area contributed by atoms with Crippen molar-refractivity contribution in [1.82, 2.24) is 0 Å². The number of hydrogen-bond donors (Lipinski definition) is 0. The van der Waals surface area contributed by atoms with Gasteiger partial charge >= 0.3 is 0 Å². The Hall–Kier alpha value is 1.38. The molecule has 0 N–H and O–H groups in total. The number of rotatable bonds is 5. The van der Waals surface area contributed by atoms with Gasteiger partial charge in [0.05, 0.1) is 52.4 Å². The zero-order valence-electron chi connectivity index (χ0n) is 15.9. The topological polar surface area (TPSA) is 0 Å². The lowest BCUT2D eigenvalue weighted by atomic mass is 9.77. The van der Waals surface area contributed by atoms with Gasteiger partial charge in [-0.2, -0.15) is 0 Å². The Morgan fingerprint density at radius 2 is 0.958 bits per heavy atom. The van der Waals surface area contributed by atoms with Crippen LogP contribution >= 0.6 is 0 Å². The Labute approximate surface area is 184 Å². The molecule has 6 saturated heterocycles. The fourth-order valence-electron chi connectivity index (χ4n) is 6.82. The van der Waals surface area contributed by atoms with Crippen molar-refractivity contribution in [1.29, 1.82) is 0 Å². The number of quaternary nitrogens is 2. The number of nitrogens with zero attached hydrogens (tertiary/aromatic N) is 2. The van der Waals surface area contributed by atoms with Gasteiger partial charge in [0.25, 0.3) is 0 Å². The van der Waals surface area contributed by atoms with E-state index in [0.717, 1.165) is 23.7 Å². The Kier molecular flexibility index (Phi) is 7.76. The molecule has 6 heterocycles. The molecule has 0 amide bonds. The molecule has 2 atom stereocenters. The number of hydrogen-bond acceptors (Lipinski definition) is 0. The van der Waals surface area contributed by atoms with Crippen molar-refractivity contribution in [3.63, 3.8) is 0 Å². The summed E-state index contributed by atoms with van der Waals surface area (Å²) in [4.78, 5) is 0. The maximum atomic E-state index is 2.52. The second-order valence-electron chi connectivity index (χ2n) is 9.73. The number of halogens is 2. The maximum Gasteiger partial charge on any atom is 0.0815 e. The van der Waals surface area contributed by atoms with Gasteiger partial charge in [-0.05, 0) is 11.8 Å². The number of unbranched alkanes of at least 4 members (excludes halogenated alkanes) is 1. The molecule has 6 fully saturated rings. The third kappa shape index (κ3) is 4.27. The highest BCUT2D eigenvalue weighted by Gasteiger charge is 2.45. The fraction of sp³-hybridized carbons (Fsp3) is 1.00. The second-order valence-corrected chi connectivity index (χ2v) is 9.73. The van der Waals surface area contributed by atoms with Gasteiger partial charge in [0, 0.05) is 50.4 Å². The van der Waals surface area contributed by atoms with Gasteiger partial charge in [-0.3, -0.25) is 0 Å². The summed E-state index contributed by atoms with van der Waals surface area (Å²) in [6.45, 7) is 17.1. The van der Waals surface area contributed by atoms with Crippen LogP contribution < -0.4 is 48.0 Å². The lowest BCUT2D eigenvalue weighted by molar-refractivity contribution is -0.952. The van der Waals surface area contributed by atoms with E-state index in [1.807, 2.05) is 0 Å². The fourth-order valence-corrected chi connectivity index (χ4v) is 6.82. The molecule has 6 aliphatic rings. The highest BCUT2D eigenvalue weighted by molar-refractivity contribution is 4.78. The normalized spacial score (nSPS) is 46.2. The Morgan fingerprint density at radius 3 is 1.25 bits per heavy atom. The van der Waals surface area contributed by atoms with E-state index >= 15 is 0 Å². The minimum absolute atomic E-state index is 0. The van der Waals surface area contributed by atoms with Crippen LogP contribution in [0.25, 0.3) is 0 Å². The zero-order chi connectivity index (χ0) is 15.2. The first-order valence-corrected chi connectivity index (χ1v) is 10.3. The summed E-state index contributed by atoms with van der Waals surface area (Å²) in [5.74, 6) is 4.17. The quantitative estimate of drug-likeness (QED) is 0.199. The van der Waals surface area contributed by atoms with Gasteiger partial charge in [-0.15, -0.1) is 0 Å². The monoisotopic (exact) mass is 560 g/mol. The molecule has 24 heavy (non-hydrogen) atoms. The van der Waals surface area contributed by atoms with Crippen molar-refractivity contribution in [2.75, 3.05) is 52.4 Å². The van der Waals surface area contributed by atoms with Crippen molar-refractivity contribution in [2.24, 2.45) is 23.7 Å². The molecule has 4 bridgehead atoms. The van der Waals surface area contributed by atoms with Gasteiger partial charge in [0.1, 0.15) is 0 Å². The molecule has 0 aliphatic carbocycles. The van der Waals surface area contributed by atoms with E-state index in [1.165, 1.54) is 99.8 Å². The lowest BCUT2D eigenvalue weighted by Gasteiger charge is -2.53.